The van der Waals surface area contributed by atoms with E-state index in [1.807, 2.05) is 19.9 Å². The van der Waals surface area contributed by atoms with E-state index in [0.717, 1.165) is 29.4 Å². The van der Waals surface area contributed by atoms with E-state index in [9.17, 15) is 4.79 Å². The Kier molecular flexibility index (Phi) is 3.34. The fourth-order valence-electron chi connectivity index (χ4n) is 1.11. The summed E-state index contributed by atoms with van der Waals surface area (Å²) in [7, 11) is 0. The van der Waals surface area contributed by atoms with Gasteiger partial charge in [0.25, 0.3) is 0 Å². The average Bonchev–Trinajstić information content (AvgIpc) is 2.15. The second-order valence-electron chi connectivity index (χ2n) is 2.91. The molecule has 1 heterocycles. The van der Waals surface area contributed by atoms with Gasteiger partial charge in [-0.3, -0.25) is 0 Å². The number of rotatable bonds is 3. The summed E-state index contributed by atoms with van der Waals surface area (Å²) in [6, 6.07) is 1.82. The van der Waals surface area contributed by atoms with Crippen LogP contribution < -0.4 is 0 Å². The zero-order chi connectivity index (χ0) is 10.6. The van der Waals surface area contributed by atoms with Crippen LogP contribution in [0.3, 0.4) is 0 Å². The largest absolute Gasteiger partial charge is 0.478 e. The maximum atomic E-state index is 10.3. The summed E-state index contributed by atoms with van der Waals surface area (Å²) >= 11 is 0. The quantitative estimate of drug-likeness (QED) is 0.736. The second kappa shape index (κ2) is 4.50. The van der Waals surface area contributed by atoms with Crippen molar-refractivity contribution in [3.63, 3.8) is 0 Å². The molecule has 0 radical (unpaired) electrons. The Balaban J connectivity index is 3.04. The van der Waals surface area contributed by atoms with Gasteiger partial charge in [-0.25, -0.2) is 4.79 Å². The average molecular weight is 192 g/mol. The Hall–Kier alpha value is -1.71. The Morgan fingerprint density at radius 3 is 2.86 bits per heavy atom. The molecule has 0 saturated carbocycles. The van der Waals surface area contributed by atoms with Crippen molar-refractivity contribution in [1.29, 1.82) is 0 Å². The number of aryl methyl sites for hydroxylation is 2. The minimum Gasteiger partial charge on any atom is -0.478 e. The van der Waals surface area contributed by atoms with Crippen LogP contribution in [-0.4, -0.2) is 21.3 Å². The lowest BCUT2D eigenvalue weighted by Gasteiger charge is -2.01. The fourth-order valence-corrected chi connectivity index (χ4v) is 1.11. The highest BCUT2D eigenvalue weighted by molar-refractivity contribution is 5.85. The van der Waals surface area contributed by atoms with Crippen molar-refractivity contribution in [2.24, 2.45) is 0 Å². The number of carbonyl (C=O) groups is 1. The topological polar surface area (TPSA) is 63.1 Å². The number of carboxylic acid groups (broad SMARTS) is 1. The molecule has 0 aliphatic heterocycles. The predicted molar refractivity (Wildman–Crippen MR) is 52.8 cm³/mol. The van der Waals surface area contributed by atoms with Crippen molar-refractivity contribution in [3.05, 3.63) is 29.1 Å². The van der Waals surface area contributed by atoms with Crippen molar-refractivity contribution >= 4 is 12.0 Å². The Morgan fingerprint density at radius 2 is 2.29 bits per heavy atom. The summed E-state index contributed by atoms with van der Waals surface area (Å²) in [6.45, 7) is 3.78. The van der Waals surface area contributed by atoms with Crippen molar-refractivity contribution in [2.75, 3.05) is 0 Å². The van der Waals surface area contributed by atoms with Crippen LogP contribution in [0.2, 0.25) is 0 Å². The molecule has 74 valence electrons. The molecule has 0 unspecified atom stereocenters. The number of aliphatic carboxylic acids is 1. The van der Waals surface area contributed by atoms with Crippen LogP contribution in [0.5, 0.6) is 0 Å². The van der Waals surface area contributed by atoms with E-state index in [1.165, 1.54) is 0 Å². The second-order valence-corrected chi connectivity index (χ2v) is 2.91. The Morgan fingerprint density at radius 1 is 1.57 bits per heavy atom. The van der Waals surface area contributed by atoms with Gasteiger partial charge in [0.1, 0.15) is 0 Å². The van der Waals surface area contributed by atoms with Crippen LogP contribution >= 0.6 is 0 Å². The molecule has 0 amide bonds. The monoisotopic (exact) mass is 192 g/mol. The number of hydrogen-bond acceptors (Lipinski definition) is 3. The number of hydrogen-bond donors (Lipinski definition) is 1. The number of carboxylic acids is 1. The van der Waals surface area contributed by atoms with E-state index in [4.69, 9.17) is 5.11 Å². The number of aromatic nitrogens is 2. The van der Waals surface area contributed by atoms with Gasteiger partial charge >= 0.3 is 5.97 Å². The summed E-state index contributed by atoms with van der Waals surface area (Å²) < 4.78 is 0. The smallest absolute Gasteiger partial charge is 0.328 e. The van der Waals surface area contributed by atoms with Crippen molar-refractivity contribution in [2.45, 2.75) is 20.3 Å². The summed E-state index contributed by atoms with van der Waals surface area (Å²) in [5, 5.41) is 16.4. The molecule has 1 aromatic rings. The SMILES string of the molecule is CCc1nnc(C)cc1/C=C/C(=O)O. The lowest BCUT2D eigenvalue weighted by Crippen LogP contribution is -1.97. The van der Waals surface area contributed by atoms with Crippen molar-refractivity contribution in [1.82, 2.24) is 10.2 Å². The molecule has 0 aliphatic rings. The molecule has 0 fully saturated rings. The highest BCUT2D eigenvalue weighted by Gasteiger charge is 2.00. The van der Waals surface area contributed by atoms with Gasteiger partial charge in [-0.05, 0) is 31.1 Å². The van der Waals surface area contributed by atoms with Gasteiger partial charge < -0.3 is 5.11 Å². The van der Waals surface area contributed by atoms with E-state index in [2.05, 4.69) is 10.2 Å². The third kappa shape index (κ3) is 2.65. The lowest BCUT2D eigenvalue weighted by atomic mass is 10.1. The lowest BCUT2D eigenvalue weighted by molar-refractivity contribution is -0.131. The molecule has 0 saturated heterocycles. The van der Waals surface area contributed by atoms with Gasteiger partial charge in [0.05, 0.1) is 11.4 Å². The normalized spacial score (nSPS) is 10.7. The van der Waals surface area contributed by atoms with E-state index in [1.54, 1.807) is 6.08 Å². The summed E-state index contributed by atoms with van der Waals surface area (Å²) in [5.74, 6) is -0.957. The first-order valence-electron chi connectivity index (χ1n) is 4.37. The minimum atomic E-state index is -0.957. The maximum Gasteiger partial charge on any atom is 0.328 e. The molecule has 0 aliphatic carbocycles. The zero-order valence-corrected chi connectivity index (χ0v) is 8.19. The van der Waals surface area contributed by atoms with E-state index >= 15 is 0 Å². The number of nitrogens with zero attached hydrogens (tertiary/aromatic N) is 2. The van der Waals surface area contributed by atoms with Crippen LogP contribution in [0, 0.1) is 6.92 Å². The summed E-state index contributed by atoms with van der Waals surface area (Å²) in [5.41, 5.74) is 2.42. The van der Waals surface area contributed by atoms with Crippen LogP contribution in [0.1, 0.15) is 23.9 Å². The highest BCUT2D eigenvalue weighted by Crippen LogP contribution is 2.09. The van der Waals surface area contributed by atoms with E-state index in [0.29, 0.717) is 0 Å². The van der Waals surface area contributed by atoms with Gasteiger partial charge in [0.15, 0.2) is 0 Å². The summed E-state index contributed by atoms with van der Waals surface area (Å²) in [6.07, 6.45) is 3.39. The zero-order valence-electron chi connectivity index (χ0n) is 8.19. The van der Waals surface area contributed by atoms with E-state index in [-0.39, 0.29) is 0 Å². The Labute approximate surface area is 82.3 Å². The van der Waals surface area contributed by atoms with Gasteiger partial charge in [-0.15, -0.1) is 0 Å². The molecule has 1 rings (SSSR count). The van der Waals surface area contributed by atoms with Gasteiger partial charge in [-0.2, -0.15) is 10.2 Å². The molecule has 0 aromatic carbocycles. The van der Waals surface area contributed by atoms with E-state index < -0.39 is 5.97 Å². The molecular weight excluding hydrogens is 180 g/mol. The first-order chi connectivity index (χ1) is 6.63. The third-order valence-corrected chi connectivity index (χ3v) is 1.77. The molecule has 14 heavy (non-hydrogen) atoms. The molecule has 4 nitrogen and oxygen atoms in total. The third-order valence-electron chi connectivity index (χ3n) is 1.77. The van der Waals surface area contributed by atoms with Crippen molar-refractivity contribution in [3.8, 4) is 0 Å². The standard InChI is InChI=1S/C10H12N2O2/c1-3-9-8(4-5-10(13)14)6-7(2)11-12-9/h4-6H,3H2,1-2H3,(H,13,14)/b5-4+. The predicted octanol–water partition coefficient (Wildman–Crippen LogP) is 1.45. The first-order valence-corrected chi connectivity index (χ1v) is 4.37. The minimum absolute atomic E-state index is 0.743. The van der Waals surface area contributed by atoms with Crippen LogP contribution in [0.15, 0.2) is 12.1 Å². The molecular formula is C10H12N2O2. The van der Waals surface area contributed by atoms with Crippen LogP contribution in [0.25, 0.3) is 6.08 Å². The molecule has 1 aromatic heterocycles. The summed E-state index contributed by atoms with van der Waals surface area (Å²) in [4.78, 5) is 10.3. The van der Waals surface area contributed by atoms with Gasteiger partial charge in [0.2, 0.25) is 0 Å². The molecule has 0 spiro atoms. The van der Waals surface area contributed by atoms with Gasteiger partial charge in [-0.1, -0.05) is 6.92 Å². The fraction of sp³-hybridized carbons (Fsp3) is 0.300. The highest BCUT2D eigenvalue weighted by atomic mass is 16.4. The van der Waals surface area contributed by atoms with Gasteiger partial charge in [0, 0.05) is 6.08 Å². The maximum absolute atomic E-state index is 10.3. The van der Waals surface area contributed by atoms with Crippen molar-refractivity contribution < 1.29 is 9.90 Å². The molecule has 4 heteroatoms. The van der Waals surface area contributed by atoms with Crippen LogP contribution in [-0.2, 0) is 11.2 Å². The molecule has 1 N–H and O–H groups in total. The van der Waals surface area contributed by atoms with Crippen LogP contribution in [0.4, 0.5) is 0 Å². The molecule has 0 bridgehead atoms. The first kappa shape index (κ1) is 10.4. The molecule has 0 atom stereocenters. The Bertz CT molecular complexity index is 372.